The van der Waals surface area contributed by atoms with Gasteiger partial charge in [0.25, 0.3) is 0 Å². The Morgan fingerprint density at radius 1 is 1.40 bits per heavy atom. The predicted molar refractivity (Wildman–Crippen MR) is 59.8 cm³/mol. The van der Waals surface area contributed by atoms with E-state index in [2.05, 4.69) is 21.1 Å². The summed E-state index contributed by atoms with van der Waals surface area (Å²) in [6, 6.07) is 0. The smallest absolute Gasteiger partial charge is 0.0948 e. The third-order valence-electron chi connectivity index (χ3n) is 3.89. The van der Waals surface area contributed by atoms with Crippen LogP contribution >= 0.6 is 0 Å². The molecule has 3 nitrogen and oxygen atoms in total. The van der Waals surface area contributed by atoms with E-state index < -0.39 is 0 Å². The molecule has 0 bridgehead atoms. The lowest BCUT2D eigenvalue weighted by molar-refractivity contribution is 0.380. The van der Waals surface area contributed by atoms with Gasteiger partial charge in [-0.25, -0.2) is 4.98 Å². The molecule has 3 rings (SSSR count). The molecule has 3 heteroatoms. The molecule has 1 aliphatic heterocycles. The van der Waals surface area contributed by atoms with Gasteiger partial charge in [-0.05, 0) is 38.3 Å². The molecule has 1 saturated heterocycles. The first-order chi connectivity index (χ1) is 7.43. The molecule has 0 spiro atoms. The molecular formula is C12H19N3. The zero-order valence-electron chi connectivity index (χ0n) is 9.15. The summed E-state index contributed by atoms with van der Waals surface area (Å²) in [5, 5.41) is 3.43. The molecule has 0 amide bonds. The number of hydrogen-bond acceptors (Lipinski definition) is 2. The maximum atomic E-state index is 4.31. The van der Waals surface area contributed by atoms with E-state index in [4.69, 9.17) is 0 Å². The predicted octanol–water partition coefficient (Wildman–Crippen LogP) is 1.76. The quantitative estimate of drug-likeness (QED) is 0.815. The van der Waals surface area contributed by atoms with Crippen LogP contribution in [0.2, 0.25) is 0 Å². The topological polar surface area (TPSA) is 29.9 Å². The van der Waals surface area contributed by atoms with Crippen molar-refractivity contribution in [2.75, 3.05) is 13.1 Å². The fraction of sp³-hybridized carbons (Fsp3) is 0.750. The molecule has 0 radical (unpaired) electrons. The van der Waals surface area contributed by atoms with Gasteiger partial charge in [-0.15, -0.1) is 0 Å². The van der Waals surface area contributed by atoms with Crippen LogP contribution in [0.15, 0.2) is 12.5 Å². The van der Waals surface area contributed by atoms with Gasteiger partial charge in [0, 0.05) is 24.4 Å². The number of rotatable bonds is 3. The molecule has 82 valence electrons. The fourth-order valence-corrected chi connectivity index (χ4v) is 2.68. The molecule has 2 aliphatic rings. The molecule has 15 heavy (non-hydrogen) atoms. The Morgan fingerprint density at radius 3 is 3.00 bits per heavy atom. The third kappa shape index (κ3) is 1.81. The molecule has 1 atom stereocenters. The number of aromatic nitrogens is 2. The lowest BCUT2D eigenvalue weighted by atomic mass is 9.83. The minimum absolute atomic E-state index is 0.807. The molecule has 2 heterocycles. The Kier molecular flexibility index (Phi) is 2.49. The Hall–Kier alpha value is -0.830. The maximum Gasteiger partial charge on any atom is 0.0948 e. The van der Waals surface area contributed by atoms with Crippen molar-refractivity contribution in [3.63, 3.8) is 0 Å². The van der Waals surface area contributed by atoms with Crippen molar-refractivity contribution < 1.29 is 0 Å². The van der Waals surface area contributed by atoms with Crippen molar-refractivity contribution in [3.8, 4) is 0 Å². The summed E-state index contributed by atoms with van der Waals surface area (Å²) in [7, 11) is 0. The van der Waals surface area contributed by atoms with Gasteiger partial charge in [0.2, 0.25) is 0 Å². The Bertz CT molecular complexity index is 321. The third-order valence-corrected chi connectivity index (χ3v) is 3.89. The molecule has 1 N–H and O–H groups in total. The molecule has 2 fully saturated rings. The van der Waals surface area contributed by atoms with Crippen LogP contribution in [0.4, 0.5) is 0 Å². The lowest BCUT2D eigenvalue weighted by Gasteiger charge is -2.27. The van der Waals surface area contributed by atoms with Crippen LogP contribution in [0.3, 0.4) is 0 Å². The van der Waals surface area contributed by atoms with Crippen LogP contribution in [0.1, 0.15) is 37.3 Å². The maximum absolute atomic E-state index is 4.31. The van der Waals surface area contributed by atoms with Crippen LogP contribution in [0.5, 0.6) is 0 Å². The summed E-state index contributed by atoms with van der Waals surface area (Å²) < 4.78 is 2.39. The second kappa shape index (κ2) is 3.97. The Morgan fingerprint density at radius 2 is 2.33 bits per heavy atom. The molecule has 1 saturated carbocycles. The minimum atomic E-state index is 0.807. The van der Waals surface area contributed by atoms with Gasteiger partial charge in [-0.1, -0.05) is 6.42 Å². The number of nitrogens with one attached hydrogen (secondary N) is 1. The van der Waals surface area contributed by atoms with Gasteiger partial charge in [0.15, 0.2) is 0 Å². The van der Waals surface area contributed by atoms with E-state index in [0.29, 0.717) is 0 Å². The van der Waals surface area contributed by atoms with Gasteiger partial charge >= 0.3 is 0 Å². The van der Waals surface area contributed by atoms with Crippen LogP contribution in [-0.4, -0.2) is 22.6 Å². The number of imidazole rings is 1. The van der Waals surface area contributed by atoms with Gasteiger partial charge in [0.1, 0.15) is 0 Å². The second-order valence-corrected chi connectivity index (χ2v) is 4.96. The van der Waals surface area contributed by atoms with Gasteiger partial charge in [0.05, 0.1) is 6.33 Å². The van der Waals surface area contributed by atoms with E-state index in [1.54, 1.807) is 0 Å². The van der Waals surface area contributed by atoms with Crippen molar-refractivity contribution in [1.29, 1.82) is 0 Å². The van der Waals surface area contributed by atoms with Crippen molar-refractivity contribution >= 4 is 0 Å². The number of nitrogens with zero attached hydrogens (tertiary/aromatic N) is 2. The van der Waals surface area contributed by atoms with Crippen LogP contribution in [0, 0.1) is 5.92 Å². The summed E-state index contributed by atoms with van der Waals surface area (Å²) >= 11 is 0. The van der Waals surface area contributed by atoms with Crippen molar-refractivity contribution in [3.05, 3.63) is 18.2 Å². The van der Waals surface area contributed by atoms with E-state index in [0.717, 1.165) is 11.8 Å². The average Bonchev–Trinajstić information content (AvgIpc) is 2.76. The molecule has 1 aromatic rings. The second-order valence-electron chi connectivity index (χ2n) is 4.96. The zero-order chi connectivity index (χ0) is 10.1. The van der Waals surface area contributed by atoms with E-state index in [1.807, 2.05) is 6.33 Å². The zero-order valence-corrected chi connectivity index (χ0v) is 9.15. The molecule has 0 aromatic carbocycles. The normalized spacial score (nSPS) is 26.8. The first kappa shape index (κ1) is 9.40. The van der Waals surface area contributed by atoms with Gasteiger partial charge < -0.3 is 9.88 Å². The SMILES string of the molecule is c1ncn(CC2CCNC2)c1C1CCC1. The van der Waals surface area contributed by atoms with Crippen molar-refractivity contribution in [1.82, 2.24) is 14.9 Å². The highest BCUT2D eigenvalue weighted by molar-refractivity contribution is 5.09. The first-order valence-electron chi connectivity index (χ1n) is 6.14. The van der Waals surface area contributed by atoms with Crippen molar-refractivity contribution in [2.45, 2.75) is 38.1 Å². The van der Waals surface area contributed by atoms with E-state index >= 15 is 0 Å². The number of hydrogen-bond donors (Lipinski definition) is 1. The fourth-order valence-electron chi connectivity index (χ4n) is 2.68. The lowest BCUT2D eigenvalue weighted by Crippen LogP contribution is -2.19. The summed E-state index contributed by atoms with van der Waals surface area (Å²) in [5.41, 5.74) is 1.48. The molecule has 1 unspecified atom stereocenters. The Labute approximate surface area is 90.9 Å². The largest absolute Gasteiger partial charge is 0.334 e. The van der Waals surface area contributed by atoms with Crippen LogP contribution < -0.4 is 5.32 Å². The van der Waals surface area contributed by atoms with E-state index in [-0.39, 0.29) is 0 Å². The highest BCUT2D eigenvalue weighted by atomic mass is 15.1. The van der Waals surface area contributed by atoms with Gasteiger partial charge in [-0.2, -0.15) is 0 Å². The van der Waals surface area contributed by atoms with E-state index in [1.165, 1.54) is 51.0 Å². The summed E-state index contributed by atoms with van der Waals surface area (Å²) in [5.74, 6) is 1.62. The Balaban J connectivity index is 1.70. The van der Waals surface area contributed by atoms with Crippen LogP contribution in [-0.2, 0) is 6.54 Å². The highest BCUT2D eigenvalue weighted by Crippen LogP contribution is 2.36. The van der Waals surface area contributed by atoms with Gasteiger partial charge in [-0.3, -0.25) is 0 Å². The minimum Gasteiger partial charge on any atom is -0.334 e. The van der Waals surface area contributed by atoms with Crippen molar-refractivity contribution in [2.24, 2.45) is 5.92 Å². The standard InChI is InChI=1S/C12H19N3/c1-2-11(3-1)12-7-14-9-15(12)8-10-4-5-13-6-10/h7,9-11,13H,1-6,8H2. The molecular weight excluding hydrogens is 186 g/mol. The molecule has 1 aromatic heterocycles. The summed E-state index contributed by atoms with van der Waals surface area (Å²) in [6.45, 7) is 3.54. The first-order valence-corrected chi connectivity index (χ1v) is 6.14. The van der Waals surface area contributed by atoms with Crippen LogP contribution in [0.25, 0.3) is 0 Å². The molecule has 1 aliphatic carbocycles. The summed E-state index contributed by atoms with van der Waals surface area (Å²) in [4.78, 5) is 4.31. The average molecular weight is 205 g/mol. The highest BCUT2D eigenvalue weighted by Gasteiger charge is 2.24. The monoisotopic (exact) mass is 205 g/mol. The van der Waals surface area contributed by atoms with E-state index in [9.17, 15) is 0 Å². The summed E-state index contributed by atoms with van der Waals surface area (Å²) in [6.07, 6.45) is 9.56.